The summed E-state index contributed by atoms with van der Waals surface area (Å²) in [5.41, 5.74) is 0. The zero-order chi connectivity index (χ0) is 11.3. The SMILES string of the molecule is CCN(CC1CCCN1)S(=O)(=O)CC#N. The molecular formula is C9H17N3O2S. The van der Waals surface area contributed by atoms with Gasteiger partial charge in [0.05, 0.1) is 6.07 Å². The van der Waals surface area contributed by atoms with E-state index in [-0.39, 0.29) is 6.04 Å². The van der Waals surface area contributed by atoms with E-state index >= 15 is 0 Å². The van der Waals surface area contributed by atoms with E-state index in [9.17, 15) is 8.42 Å². The van der Waals surface area contributed by atoms with Crippen LogP contribution in [0.25, 0.3) is 0 Å². The summed E-state index contributed by atoms with van der Waals surface area (Å²) in [6.45, 7) is 3.67. The van der Waals surface area contributed by atoms with Crippen LogP contribution in [0.3, 0.4) is 0 Å². The van der Waals surface area contributed by atoms with Gasteiger partial charge in [0.15, 0.2) is 5.75 Å². The molecule has 1 unspecified atom stereocenters. The quantitative estimate of drug-likeness (QED) is 0.718. The lowest BCUT2D eigenvalue weighted by molar-refractivity contribution is 0.384. The third-order valence-electron chi connectivity index (χ3n) is 2.58. The molecule has 1 saturated heterocycles. The molecule has 1 aliphatic rings. The molecule has 0 aromatic heterocycles. The molecule has 15 heavy (non-hydrogen) atoms. The van der Waals surface area contributed by atoms with Crippen LogP contribution in [0.4, 0.5) is 0 Å². The van der Waals surface area contributed by atoms with Crippen molar-refractivity contribution in [1.29, 1.82) is 5.26 Å². The molecule has 1 fully saturated rings. The average Bonchev–Trinajstić information content (AvgIpc) is 2.66. The van der Waals surface area contributed by atoms with Crippen LogP contribution in [0.15, 0.2) is 0 Å². The largest absolute Gasteiger partial charge is 0.313 e. The highest BCUT2D eigenvalue weighted by Crippen LogP contribution is 2.09. The Bertz CT molecular complexity index is 328. The van der Waals surface area contributed by atoms with Gasteiger partial charge in [0.2, 0.25) is 10.0 Å². The van der Waals surface area contributed by atoms with Crippen molar-refractivity contribution in [1.82, 2.24) is 9.62 Å². The van der Waals surface area contributed by atoms with Crippen molar-refractivity contribution in [3.05, 3.63) is 0 Å². The van der Waals surface area contributed by atoms with E-state index in [4.69, 9.17) is 5.26 Å². The molecule has 1 aliphatic heterocycles. The van der Waals surface area contributed by atoms with Crippen LogP contribution < -0.4 is 5.32 Å². The normalized spacial score (nSPS) is 21.8. The molecule has 1 rings (SSSR count). The minimum absolute atomic E-state index is 0.249. The highest BCUT2D eigenvalue weighted by atomic mass is 32.2. The first kappa shape index (κ1) is 12.4. The lowest BCUT2D eigenvalue weighted by Crippen LogP contribution is -2.41. The summed E-state index contributed by atoms with van der Waals surface area (Å²) in [5, 5.41) is 11.7. The minimum Gasteiger partial charge on any atom is -0.313 e. The van der Waals surface area contributed by atoms with Crippen molar-refractivity contribution in [3.63, 3.8) is 0 Å². The highest BCUT2D eigenvalue weighted by molar-refractivity contribution is 7.89. The number of rotatable bonds is 5. The molecule has 0 bridgehead atoms. The first-order chi connectivity index (χ1) is 7.10. The van der Waals surface area contributed by atoms with Crippen LogP contribution in [-0.2, 0) is 10.0 Å². The lowest BCUT2D eigenvalue weighted by Gasteiger charge is -2.22. The average molecular weight is 231 g/mol. The van der Waals surface area contributed by atoms with Crippen LogP contribution in [0.5, 0.6) is 0 Å². The van der Waals surface area contributed by atoms with Crippen molar-refractivity contribution in [2.45, 2.75) is 25.8 Å². The Morgan fingerprint density at radius 1 is 1.60 bits per heavy atom. The highest BCUT2D eigenvalue weighted by Gasteiger charge is 2.25. The van der Waals surface area contributed by atoms with Crippen molar-refractivity contribution in [2.75, 3.05) is 25.4 Å². The second-order valence-corrected chi connectivity index (χ2v) is 5.63. The first-order valence-corrected chi connectivity index (χ1v) is 6.79. The fourth-order valence-corrected chi connectivity index (χ4v) is 2.92. The van der Waals surface area contributed by atoms with E-state index in [2.05, 4.69) is 5.32 Å². The molecule has 0 aromatic rings. The fourth-order valence-electron chi connectivity index (χ4n) is 1.77. The zero-order valence-electron chi connectivity index (χ0n) is 8.94. The number of likely N-dealkylation sites (N-methyl/N-ethyl adjacent to an activating group) is 1. The summed E-state index contributed by atoms with van der Waals surface area (Å²) in [7, 11) is -3.38. The number of hydrogen-bond donors (Lipinski definition) is 1. The second-order valence-electron chi connectivity index (χ2n) is 3.66. The third-order valence-corrected chi connectivity index (χ3v) is 4.27. The van der Waals surface area contributed by atoms with Gasteiger partial charge in [0, 0.05) is 19.1 Å². The van der Waals surface area contributed by atoms with Gasteiger partial charge in [-0.25, -0.2) is 8.42 Å². The molecule has 0 spiro atoms. The second kappa shape index (κ2) is 5.45. The number of hydrogen-bond acceptors (Lipinski definition) is 4. The van der Waals surface area contributed by atoms with Gasteiger partial charge in [-0.3, -0.25) is 0 Å². The van der Waals surface area contributed by atoms with Gasteiger partial charge in [-0.15, -0.1) is 0 Å². The monoisotopic (exact) mass is 231 g/mol. The molecular weight excluding hydrogens is 214 g/mol. The standard InChI is InChI=1S/C9H17N3O2S/c1-2-12(15(13,14)7-5-10)8-9-4-3-6-11-9/h9,11H,2-4,6-8H2,1H3. The Morgan fingerprint density at radius 2 is 2.33 bits per heavy atom. The van der Waals surface area contributed by atoms with Gasteiger partial charge in [0.25, 0.3) is 0 Å². The molecule has 1 atom stereocenters. The molecule has 0 saturated carbocycles. The topological polar surface area (TPSA) is 73.2 Å². The maximum atomic E-state index is 11.6. The summed E-state index contributed by atoms with van der Waals surface area (Å²) in [6.07, 6.45) is 2.11. The lowest BCUT2D eigenvalue weighted by atomic mass is 10.2. The van der Waals surface area contributed by atoms with E-state index in [1.54, 1.807) is 13.0 Å². The predicted molar refractivity (Wildman–Crippen MR) is 57.7 cm³/mol. The molecule has 0 amide bonds. The number of nitrogens with one attached hydrogen (secondary N) is 1. The Balaban J connectivity index is 2.59. The van der Waals surface area contributed by atoms with Crippen LogP contribution >= 0.6 is 0 Å². The minimum atomic E-state index is -3.38. The number of nitrogens with zero attached hydrogens (tertiary/aromatic N) is 2. The van der Waals surface area contributed by atoms with Crippen molar-refractivity contribution in [2.24, 2.45) is 0 Å². The van der Waals surface area contributed by atoms with Gasteiger partial charge in [-0.05, 0) is 19.4 Å². The van der Waals surface area contributed by atoms with E-state index in [0.717, 1.165) is 19.4 Å². The summed E-state index contributed by atoms with van der Waals surface area (Å²) in [5.74, 6) is -0.423. The van der Waals surface area contributed by atoms with Crippen LogP contribution in [0.1, 0.15) is 19.8 Å². The van der Waals surface area contributed by atoms with E-state index in [1.165, 1.54) is 4.31 Å². The molecule has 0 aliphatic carbocycles. The van der Waals surface area contributed by atoms with E-state index in [0.29, 0.717) is 13.1 Å². The maximum absolute atomic E-state index is 11.6. The van der Waals surface area contributed by atoms with Gasteiger partial charge in [0.1, 0.15) is 0 Å². The smallest absolute Gasteiger partial charge is 0.227 e. The Morgan fingerprint density at radius 3 is 2.80 bits per heavy atom. The molecule has 0 aromatic carbocycles. The summed E-state index contributed by atoms with van der Waals surface area (Å²) in [6, 6.07) is 1.95. The molecule has 5 nitrogen and oxygen atoms in total. The van der Waals surface area contributed by atoms with Gasteiger partial charge < -0.3 is 5.32 Å². The van der Waals surface area contributed by atoms with Crippen molar-refractivity contribution < 1.29 is 8.42 Å². The van der Waals surface area contributed by atoms with Gasteiger partial charge in [-0.2, -0.15) is 9.57 Å². The zero-order valence-corrected chi connectivity index (χ0v) is 9.76. The summed E-state index contributed by atoms with van der Waals surface area (Å²) in [4.78, 5) is 0. The third kappa shape index (κ3) is 3.45. The van der Waals surface area contributed by atoms with Gasteiger partial charge in [-0.1, -0.05) is 6.92 Å². The van der Waals surface area contributed by atoms with E-state index in [1.807, 2.05) is 0 Å². The summed E-state index contributed by atoms with van der Waals surface area (Å²) >= 11 is 0. The van der Waals surface area contributed by atoms with Crippen molar-refractivity contribution in [3.8, 4) is 6.07 Å². The Kier molecular flexibility index (Phi) is 4.51. The molecule has 1 heterocycles. The van der Waals surface area contributed by atoms with Crippen LogP contribution in [0, 0.1) is 11.3 Å². The predicted octanol–water partition coefficient (Wildman–Crippen LogP) is -0.0863. The van der Waals surface area contributed by atoms with Gasteiger partial charge >= 0.3 is 0 Å². The molecule has 0 radical (unpaired) electrons. The first-order valence-electron chi connectivity index (χ1n) is 5.18. The summed E-state index contributed by atoms with van der Waals surface area (Å²) < 4.78 is 24.6. The van der Waals surface area contributed by atoms with Crippen molar-refractivity contribution >= 4 is 10.0 Å². The Labute approximate surface area is 91.1 Å². The number of sulfonamides is 1. The molecule has 86 valence electrons. The van der Waals surface area contributed by atoms with E-state index < -0.39 is 15.8 Å². The Hall–Kier alpha value is -0.640. The molecule has 6 heteroatoms. The fraction of sp³-hybridized carbons (Fsp3) is 0.889. The van der Waals surface area contributed by atoms with Crippen LogP contribution in [-0.4, -0.2) is 44.2 Å². The maximum Gasteiger partial charge on any atom is 0.227 e. The number of nitriles is 1. The van der Waals surface area contributed by atoms with Crippen LogP contribution in [0.2, 0.25) is 0 Å². The molecule has 1 N–H and O–H groups in total.